The topological polar surface area (TPSA) is 37.8 Å². The molecule has 0 bridgehead atoms. The predicted octanol–water partition coefficient (Wildman–Crippen LogP) is 5.84. The maximum atomic E-state index is 4.39. The molecule has 0 radical (unpaired) electrons. The molecular weight excluding hydrogens is 318 g/mol. The molecule has 0 amide bonds. The number of benzene rings is 2. The van der Waals surface area contributed by atoms with Crippen molar-refractivity contribution in [2.24, 2.45) is 0 Å². The molecule has 0 aliphatic heterocycles. The predicted molar refractivity (Wildman–Crippen MR) is 102 cm³/mol. The first-order chi connectivity index (χ1) is 11.4. The summed E-state index contributed by atoms with van der Waals surface area (Å²) >= 11 is 0. The molecule has 0 unspecified atom stereocenters. The third-order valence-corrected chi connectivity index (χ3v) is 4.79. The van der Waals surface area contributed by atoms with Gasteiger partial charge in [0.2, 0.25) is 0 Å². The molecule has 4 heteroatoms. The highest BCUT2D eigenvalue weighted by molar-refractivity contribution is 5.90. The summed E-state index contributed by atoms with van der Waals surface area (Å²) in [5, 5.41) is 4.47. The van der Waals surface area contributed by atoms with Gasteiger partial charge in [-0.05, 0) is 48.6 Å². The molecule has 1 saturated carbocycles. The van der Waals surface area contributed by atoms with E-state index in [1.165, 1.54) is 37.7 Å². The van der Waals surface area contributed by atoms with Crippen LogP contribution in [-0.4, -0.2) is 9.97 Å². The second-order valence-electron chi connectivity index (χ2n) is 6.32. The molecule has 4 rings (SSSR count). The highest BCUT2D eigenvalue weighted by Crippen LogP contribution is 2.33. The van der Waals surface area contributed by atoms with Crippen LogP contribution in [0.1, 0.15) is 43.6 Å². The molecule has 0 saturated heterocycles. The van der Waals surface area contributed by atoms with Gasteiger partial charge in [0.15, 0.2) is 0 Å². The van der Waals surface area contributed by atoms with Crippen LogP contribution >= 0.6 is 12.4 Å². The minimum absolute atomic E-state index is 0. The Morgan fingerprint density at radius 3 is 2.38 bits per heavy atom. The zero-order valence-corrected chi connectivity index (χ0v) is 14.4. The van der Waals surface area contributed by atoms with Gasteiger partial charge in [-0.3, -0.25) is 0 Å². The van der Waals surface area contributed by atoms with Gasteiger partial charge in [0, 0.05) is 11.1 Å². The maximum Gasteiger partial charge on any atom is 0.141 e. The summed E-state index contributed by atoms with van der Waals surface area (Å²) in [4.78, 5) is 8.70. The molecule has 1 aliphatic rings. The summed E-state index contributed by atoms with van der Waals surface area (Å²) in [6, 6.07) is 16.9. The normalized spacial score (nSPS) is 15.0. The number of fused-ring (bicyclic) bond motifs is 1. The van der Waals surface area contributed by atoms with E-state index >= 15 is 0 Å². The lowest BCUT2D eigenvalue weighted by Crippen LogP contribution is -2.04. The van der Waals surface area contributed by atoms with Crippen LogP contribution in [0.3, 0.4) is 0 Å². The number of rotatable bonds is 3. The minimum Gasteiger partial charge on any atom is -0.340 e. The van der Waals surface area contributed by atoms with E-state index in [4.69, 9.17) is 0 Å². The molecule has 1 heterocycles. The Morgan fingerprint density at radius 1 is 0.833 bits per heavy atom. The van der Waals surface area contributed by atoms with Crippen LogP contribution in [0.2, 0.25) is 0 Å². The van der Waals surface area contributed by atoms with Crippen molar-refractivity contribution in [2.75, 3.05) is 5.32 Å². The third-order valence-electron chi connectivity index (χ3n) is 4.79. The number of nitrogens with zero attached hydrogens (tertiary/aromatic N) is 2. The molecule has 24 heavy (non-hydrogen) atoms. The monoisotopic (exact) mass is 339 g/mol. The summed E-state index contributed by atoms with van der Waals surface area (Å²) in [5.41, 5.74) is 3.51. The van der Waals surface area contributed by atoms with Crippen LogP contribution in [0.5, 0.6) is 0 Å². The zero-order chi connectivity index (χ0) is 15.5. The van der Waals surface area contributed by atoms with Gasteiger partial charge in [-0.2, -0.15) is 0 Å². The number of aromatic nitrogens is 2. The van der Waals surface area contributed by atoms with E-state index in [2.05, 4.69) is 39.6 Å². The average Bonchev–Trinajstić information content (AvgIpc) is 2.63. The van der Waals surface area contributed by atoms with E-state index in [0.717, 1.165) is 28.3 Å². The quantitative estimate of drug-likeness (QED) is 0.651. The molecule has 1 aromatic heterocycles. The lowest BCUT2D eigenvalue weighted by molar-refractivity contribution is 0.443. The van der Waals surface area contributed by atoms with Crippen LogP contribution in [0.4, 0.5) is 11.5 Å². The smallest absolute Gasteiger partial charge is 0.141 e. The number of para-hydroxylation sites is 1. The fraction of sp³-hybridized carbons (Fsp3) is 0.300. The lowest BCUT2D eigenvalue weighted by Gasteiger charge is -2.22. The molecule has 1 aliphatic carbocycles. The summed E-state index contributed by atoms with van der Waals surface area (Å²) in [6.45, 7) is 0. The van der Waals surface area contributed by atoms with Crippen LogP contribution in [-0.2, 0) is 0 Å². The Bertz CT molecular complexity index is 790. The van der Waals surface area contributed by atoms with Gasteiger partial charge in [0.05, 0.1) is 5.52 Å². The molecule has 1 fully saturated rings. The highest BCUT2D eigenvalue weighted by atomic mass is 35.5. The zero-order valence-electron chi connectivity index (χ0n) is 13.6. The molecule has 0 atom stereocenters. The van der Waals surface area contributed by atoms with Crippen LogP contribution in [0.25, 0.3) is 10.9 Å². The fourth-order valence-electron chi connectivity index (χ4n) is 3.52. The van der Waals surface area contributed by atoms with Crippen molar-refractivity contribution in [1.29, 1.82) is 0 Å². The van der Waals surface area contributed by atoms with E-state index in [1.807, 2.05) is 24.3 Å². The minimum atomic E-state index is 0. The van der Waals surface area contributed by atoms with Crippen molar-refractivity contribution < 1.29 is 0 Å². The van der Waals surface area contributed by atoms with Gasteiger partial charge < -0.3 is 5.32 Å². The van der Waals surface area contributed by atoms with Crippen LogP contribution in [0, 0.1) is 0 Å². The van der Waals surface area contributed by atoms with Crippen molar-refractivity contribution >= 4 is 34.8 Å². The van der Waals surface area contributed by atoms with Crippen molar-refractivity contribution in [3.63, 3.8) is 0 Å². The van der Waals surface area contributed by atoms with E-state index in [0.29, 0.717) is 0 Å². The van der Waals surface area contributed by atoms with E-state index in [1.54, 1.807) is 6.33 Å². The first-order valence-corrected chi connectivity index (χ1v) is 8.47. The van der Waals surface area contributed by atoms with Crippen LogP contribution < -0.4 is 5.32 Å². The Hall–Kier alpha value is -2.13. The third kappa shape index (κ3) is 3.51. The molecule has 1 N–H and O–H groups in total. The summed E-state index contributed by atoms with van der Waals surface area (Å²) in [5.74, 6) is 1.61. The highest BCUT2D eigenvalue weighted by Gasteiger charge is 2.15. The largest absolute Gasteiger partial charge is 0.340 e. The number of halogens is 1. The number of anilines is 2. The van der Waals surface area contributed by atoms with Crippen molar-refractivity contribution in [3.8, 4) is 0 Å². The molecule has 0 spiro atoms. The van der Waals surface area contributed by atoms with Crippen molar-refractivity contribution in [2.45, 2.75) is 38.0 Å². The first-order valence-electron chi connectivity index (χ1n) is 8.47. The van der Waals surface area contributed by atoms with Crippen molar-refractivity contribution in [1.82, 2.24) is 9.97 Å². The maximum absolute atomic E-state index is 4.39. The second-order valence-corrected chi connectivity index (χ2v) is 6.32. The summed E-state index contributed by atoms with van der Waals surface area (Å²) < 4.78 is 0. The van der Waals surface area contributed by atoms with Gasteiger partial charge in [0.25, 0.3) is 0 Å². The van der Waals surface area contributed by atoms with Gasteiger partial charge in [-0.15, -0.1) is 12.4 Å². The fourth-order valence-corrected chi connectivity index (χ4v) is 3.52. The first kappa shape index (κ1) is 16.7. The van der Waals surface area contributed by atoms with E-state index < -0.39 is 0 Å². The standard InChI is InChI=1S/C20H21N3.ClH/c1-2-6-15(7-3-1)16-10-12-17(13-11-16)23-20-18-8-4-5-9-19(18)21-14-22-20;/h4-5,8-15H,1-3,6-7H2,(H,21,22,23);1H. The van der Waals surface area contributed by atoms with E-state index in [9.17, 15) is 0 Å². The number of nitrogens with one attached hydrogen (secondary N) is 1. The SMILES string of the molecule is Cl.c1ccc2c(Nc3ccc(C4CCCCC4)cc3)ncnc2c1. The average molecular weight is 340 g/mol. The van der Waals surface area contributed by atoms with Crippen LogP contribution in [0.15, 0.2) is 54.9 Å². The Labute approximate surface area is 148 Å². The summed E-state index contributed by atoms with van der Waals surface area (Å²) in [7, 11) is 0. The summed E-state index contributed by atoms with van der Waals surface area (Å²) in [6.07, 6.45) is 8.43. The Kier molecular flexibility index (Phi) is 5.31. The Balaban J connectivity index is 0.00000169. The number of hydrogen-bond donors (Lipinski definition) is 1. The van der Waals surface area contributed by atoms with Gasteiger partial charge in [-0.25, -0.2) is 9.97 Å². The second kappa shape index (κ2) is 7.63. The molecule has 2 aromatic carbocycles. The molecular formula is C20H22ClN3. The number of hydrogen-bond acceptors (Lipinski definition) is 3. The van der Waals surface area contributed by atoms with E-state index in [-0.39, 0.29) is 12.4 Å². The van der Waals surface area contributed by atoms with Crippen molar-refractivity contribution in [3.05, 3.63) is 60.4 Å². The molecule has 124 valence electrons. The molecule has 3 nitrogen and oxygen atoms in total. The van der Waals surface area contributed by atoms with Gasteiger partial charge >= 0.3 is 0 Å². The van der Waals surface area contributed by atoms with Gasteiger partial charge in [-0.1, -0.05) is 43.5 Å². The van der Waals surface area contributed by atoms with Gasteiger partial charge in [0.1, 0.15) is 12.1 Å². The Morgan fingerprint density at radius 2 is 1.58 bits per heavy atom. The molecule has 3 aromatic rings. The lowest BCUT2D eigenvalue weighted by atomic mass is 9.84.